The number of alkyl halides is 1. The molecular weight excluding hydrogens is 1300 g/mol. The monoisotopic (exact) mass is 1380 g/mol. The number of aromatic hydroxyl groups is 2. The summed E-state index contributed by atoms with van der Waals surface area (Å²) < 4.78 is 41.3. The maximum atomic E-state index is 14.6. The van der Waals surface area contributed by atoms with Gasteiger partial charge in [-0.25, -0.2) is 4.79 Å². The van der Waals surface area contributed by atoms with Crippen LogP contribution in [0.2, 0.25) is 0 Å². The maximum absolute atomic E-state index is 14.6. The van der Waals surface area contributed by atoms with E-state index >= 15 is 0 Å². The van der Waals surface area contributed by atoms with E-state index in [0.717, 1.165) is 30.1 Å². The van der Waals surface area contributed by atoms with Gasteiger partial charge in [-0.05, 0) is 63.8 Å². The number of ether oxygens (including phenoxy) is 7. The van der Waals surface area contributed by atoms with Crippen LogP contribution in [-0.4, -0.2) is 195 Å². The molecule has 7 N–H and O–H groups in total. The zero-order valence-electron chi connectivity index (χ0n) is 51.6. The number of carbonyl (C=O) groups excluding carboxylic acids is 9. The van der Waals surface area contributed by atoms with Crippen LogP contribution >= 0.6 is 22.6 Å². The van der Waals surface area contributed by atoms with Crippen molar-refractivity contribution in [3.63, 3.8) is 0 Å². The number of morpholine rings is 1. The van der Waals surface area contributed by atoms with Crippen LogP contribution in [0.15, 0.2) is 42.5 Å². The quantitative estimate of drug-likeness (QED) is 0.0253. The van der Waals surface area contributed by atoms with Crippen LogP contribution in [0.3, 0.4) is 0 Å². The smallest absolute Gasteiger partial charge is 0.407 e. The Morgan fingerprint density at radius 3 is 2.34 bits per heavy atom. The number of rotatable bonds is 22. The van der Waals surface area contributed by atoms with Gasteiger partial charge in [-0.2, -0.15) is 0 Å². The molecule has 1 saturated carbocycles. The summed E-state index contributed by atoms with van der Waals surface area (Å²) in [5.74, 6) is -5.77. The van der Waals surface area contributed by atoms with E-state index in [1.807, 2.05) is 13.8 Å². The molecule has 3 aliphatic carbocycles. The molecular formula is C64H78IN7O19. The van der Waals surface area contributed by atoms with E-state index < -0.39 is 137 Å². The number of methoxy groups -OCH3 is 2. The summed E-state index contributed by atoms with van der Waals surface area (Å²) in [7, 11) is 2.86. The number of benzene rings is 3. The van der Waals surface area contributed by atoms with Crippen molar-refractivity contribution in [3.8, 4) is 17.2 Å². The zero-order chi connectivity index (χ0) is 65.0. The summed E-state index contributed by atoms with van der Waals surface area (Å²) in [5.41, 5.74) is -2.67. The number of nitrogens with one attached hydrogen (secondary N) is 4. The molecule has 5 heterocycles. The molecule has 6 fully saturated rings. The highest BCUT2D eigenvalue weighted by Crippen LogP contribution is 2.54. The van der Waals surface area contributed by atoms with Gasteiger partial charge < -0.3 is 74.6 Å². The lowest BCUT2D eigenvalue weighted by atomic mass is 9.72. The second-order valence-electron chi connectivity index (χ2n) is 25.4. The molecule has 490 valence electrons. The molecule has 3 aromatic rings. The lowest BCUT2D eigenvalue weighted by Gasteiger charge is -2.47. The minimum Gasteiger partial charge on any atom is -0.507 e. The second kappa shape index (κ2) is 26.6. The Bertz CT molecular complexity index is 3390. The van der Waals surface area contributed by atoms with Crippen molar-refractivity contribution in [1.82, 2.24) is 30.7 Å². The molecule has 8 aliphatic rings. The summed E-state index contributed by atoms with van der Waals surface area (Å²) >= 11 is 2.29. The van der Waals surface area contributed by atoms with Crippen molar-refractivity contribution in [2.75, 3.05) is 58.9 Å². The third-order valence-corrected chi connectivity index (χ3v) is 20.3. The Kier molecular flexibility index (Phi) is 19.2. The predicted octanol–water partition coefficient (Wildman–Crippen LogP) is 4.02. The average molecular weight is 1380 g/mol. The molecule has 3 aromatic carbocycles. The molecule has 7 amide bonds. The van der Waals surface area contributed by atoms with Crippen LogP contribution < -0.4 is 26.0 Å². The number of anilines is 1. The number of nitrogens with zero attached hydrogens (tertiary/aromatic N) is 3. The Morgan fingerprint density at radius 2 is 1.63 bits per heavy atom. The van der Waals surface area contributed by atoms with E-state index in [2.05, 4.69) is 48.8 Å². The van der Waals surface area contributed by atoms with Gasteiger partial charge in [0.15, 0.2) is 24.6 Å². The number of halogens is 1. The first kappa shape index (κ1) is 65.6. The summed E-state index contributed by atoms with van der Waals surface area (Å²) in [4.78, 5) is 126. The summed E-state index contributed by atoms with van der Waals surface area (Å²) in [6, 6.07) is 8.57. The van der Waals surface area contributed by atoms with Crippen molar-refractivity contribution in [2.45, 2.75) is 163 Å². The summed E-state index contributed by atoms with van der Waals surface area (Å²) in [6.07, 6.45) is -0.619. The van der Waals surface area contributed by atoms with Crippen LogP contribution in [0, 0.1) is 17.8 Å². The maximum Gasteiger partial charge on any atom is 0.407 e. The van der Waals surface area contributed by atoms with E-state index in [1.165, 1.54) is 64.0 Å². The molecule has 0 radical (unpaired) electrons. The van der Waals surface area contributed by atoms with Gasteiger partial charge in [0.1, 0.15) is 47.6 Å². The lowest BCUT2D eigenvalue weighted by molar-refractivity contribution is -0.256. The van der Waals surface area contributed by atoms with Crippen molar-refractivity contribution in [2.24, 2.45) is 17.8 Å². The fourth-order valence-electron chi connectivity index (χ4n) is 13.7. The molecule has 12 atom stereocenters. The van der Waals surface area contributed by atoms with Crippen LogP contribution in [-0.2, 0) is 70.2 Å². The number of aliphatic hydroxyl groups is 1. The first-order valence-electron chi connectivity index (χ1n) is 31.1. The number of hydrogen-bond acceptors (Lipinski definition) is 20. The number of likely N-dealkylation sites (tertiary alicyclic amines) is 2. The van der Waals surface area contributed by atoms with Crippen LogP contribution in [0.25, 0.3) is 0 Å². The van der Waals surface area contributed by atoms with Crippen LogP contribution in [0.4, 0.5) is 10.5 Å². The first-order valence-corrected chi connectivity index (χ1v) is 32.1. The van der Waals surface area contributed by atoms with Crippen molar-refractivity contribution >= 4 is 81.4 Å². The molecule has 91 heavy (non-hydrogen) atoms. The number of hydrogen-bond donors (Lipinski definition) is 7. The van der Waals surface area contributed by atoms with Crippen molar-refractivity contribution in [1.29, 1.82) is 0 Å². The molecule has 0 bridgehead atoms. The van der Waals surface area contributed by atoms with Crippen molar-refractivity contribution in [3.05, 3.63) is 81.4 Å². The highest BCUT2D eigenvalue weighted by atomic mass is 127. The topological polar surface area (TPSA) is 337 Å². The van der Waals surface area contributed by atoms with E-state index in [1.54, 1.807) is 24.3 Å². The highest BCUT2D eigenvalue weighted by molar-refractivity contribution is 14.1. The number of phenols is 2. The minimum atomic E-state index is -2.28. The number of imide groups is 1. The Labute approximate surface area is 539 Å². The van der Waals surface area contributed by atoms with Gasteiger partial charge in [-0.3, -0.25) is 48.2 Å². The van der Waals surface area contributed by atoms with Crippen LogP contribution in [0.5, 0.6) is 17.2 Å². The van der Waals surface area contributed by atoms with E-state index in [0.29, 0.717) is 24.4 Å². The van der Waals surface area contributed by atoms with Gasteiger partial charge in [-0.15, -0.1) is 0 Å². The van der Waals surface area contributed by atoms with Crippen LogP contribution in [0.1, 0.15) is 140 Å². The van der Waals surface area contributed by atoms with Gasteiger partial charge in [0.2, 0.25) is 35.3 Å². The normalized spacial score (nSPS) is 27.4. The largest absolute Gasteiger partial charge is 0.507 e. The first-order chi connectivity index (χ1) is 43.4. The summed E-state index contributed by atoms with van der Waals surface area (Å²) in [6.45, 7) is 7.76. The molecule has 27 heteroatoms. The predicted molar refractivity (Wildman–Crippen MR) is 329 cm³/mol. The Balaban J connectivity index is 0.647. The zero-order valence-corrected chi connectivity index (χ0v) is 53.7. The van der Waals surface area contributed by atoms with Gasteiger partial charge in [-0.1, -0.05) is 72.5 Å². The SMILES string of the molecule is COc1cccc2c1C(=O)c1c(O)c3c(c(O)c1C2=O)C[C@@](O)(C(=O)N1CC(CNC(=O)OCc2ccc(NC(=O)[C@H](C)NC(=O)[C@H](C)NC(=O)CCN4C(=O)CC(C(C)(I)CCCC5CC5)C4=O)cc2)C1)C[C@@H]3O[C@H]1C[C@H]2[C@H](O[C@@H]3[C@@H](OC)OCCN32)[C@H](C)O1. The summed E-state index contributed by atoms with van der Waals surface area (Å²) in [5, 5.41) is 47.5. The molecule has 11 rings (SSSR count). The standard InChI is InChI=1S/C64H78IN7O19/c1-31(67-44(73)18-20-72-45(74)23-40(58(72)81)63(4,65)19-8-9-34-12-13-34)56(79)68-32(2)57(80)69-37-16-14-35(15-17-37)30-88-62(83)66-27-36-28-70(29-36)61(82)64(84)25-39-48(54(78)50-49(52(39)76)51(75)38-10-7-11-42(85-5)47(38)53(50)77)43(26-64)90-46-24-41-55(33(3)89-46)91-59-60(86-6)87-22-21-71(41)59/h7,10-11,14-17,31-34,36,40-41,43,46,55,59-60,76,78,84H,8-9,12-13,18-30H2,1-6H3,(H,66,83)(H,67,73)(H,68,79)(H,69,80)/t31-,32-,33-,40?,41-,43-,46-,55+,59+,60-,63?,64-/m0/s1. The molecule has 0 aromatic heterocycles. The van der Waals surface area contributed by atoms with E-state index in [-0.39, 0.29) is 107 Å². The Hall–Kier alpha value is -6.86. The number of carbonyl (C=O) groups is 9. The number of phenolic OH excluding ortho intramolecular Hbond substituents is 2. The van der Waals surface area contributed by atoms with E-state index in [9.17, 15) is 58.5 Å². The fourth-order valence-corrected chi connectivity index (χ4v) is 14.6. The lowest BCUT2D eigenvalue weighted by Crippen LogP contribution is -2.61. The number of fused-ring (bicyclic) bond motifs is 6. The molecule has 5 saturated heterocycles. The second-order valence-corrected chi connectivity index (χ2v) is 27.9. The number of amides is 7. The van der Waals surface area contributed by atoms with Gasteiger partial charge in [0, 0.05) is 110 Å². The van der Waals surface area contributed by atoms with Gasteiger partial charge >= 0.3 is 6.09 Å². The molecule has 5 aliphatic heterocycles. The average Bonchev–Trinajstić information content (AvgIpc) is 1.72. The van der Waals surface area contributed by atoms with Crippen molar-refractivity contribution < 1.29 is 91.6 Å². The highest BCUT2D eigenvalue weighted by Gasteiger charge is 2.57. The third-order valence-electron chi connectivity index (χ3n) is 19.0. The molecule has 26 nitrogen and oxygen atoms in total. The Morgan fingerprint density at radius 1 is 0.901 bits per heavy atom. The van der Waals surface area contributed by atoms with Gasteiger partial charge in [0.05, 0.1) is 48.5 Å². The molecule has 2 unspecified atom stereocenters. The van der Waals surface area contributed by atoms with E-state index in [4.69, 9.17) is 33.2 Å². The number of alkyl carbamates (subject to hydrolysis) is 1. The fraction of sp³-hybridized carbons (Fsp3) is 0.578. The third kappa shape index (κ3) is 13.4. The van der Waals surface area contributed by atoms with Gasteiger partial charge in [0.25, 0.3) is 5.91 Å². The minimum absolute atomic E-state index is 0.0684. The number of ketones is 2. The molecule has 0 spiro atoms.